The molecular formula is C24H46O2. The maximum atomic E-state index is 11.6. The van der Waals surface area contributed by atoms with Crippen LogP contribution in [0.1, 0.15) is 130 Å². The second-order valence-electron chi connectivity index (χ2n) is 7.95. The molecule has 0 rings (SSSR count). The Bertz CT molecular complexity index is 335. The molecule has 0 aliphatic carbocycles. The SMILES string of the molecule is C=C(C)C(=O)OC(CC)CCCCCCCCCCCCCCCCC. The Morgan fingerprint density at radius 2 is 1.12 bits per heavy atom. The largest absolute Gasteiger partial charge is 0.459 e. The highest BCUT2D eigenvalue weighted by atomic mass is 16.5. The highest BCUT2D eigenvalue weighted by Gasteiger charge is 2.12. The molecule has 0 aromatic rings. The van der Waals surface area contributed by atoms with Crippen molar-refractivity contribution in [3.63, 3.8) is 0 Å². The molecule has 0 bridgehead atoms. The van der Waals surface area contributed by atoms with E-state index in [2.05, 4.69) is 20.4 Å². The summed E-state index contributed by atoms with van der Waals surface area (Å²) in [6.45, 7) is 9.72. The standard InChI is InChI=1S/C24H46O2/c1-5-7-8-9-10-11-12-13-14-15-16-17-18-19-20-21-23(6-2)26-24(25)22(3)4/h23H,3,5-21H2,1-2,4H3. The summed E-state index contributed by atoms with van der Waals surface area (Å²) in [7, 11) is 0. The van der Waals surface area contributed by atoms with Gasteiger partial charge in [0.05, 0.1) is 0 Å². The van der Waals surface area contributed by atoms with Crippen molar-refractivity contribution in [1.82, 2.24) is 0 Å². The first-order valence-electron chi connectivity index (χ1n) is 11.5. The van der Waals surface area contributed by atoms with E-state index in [4.69, 9.17) is 4.74 Å². The number of rotatable bonds is 19. The highest BCUT2D eigenvalue weighted by molar-refractivity contribution is 5.87. The molecule has 0 heterocycles. The molecule has 2 heteroatoms. The fourth-order valence-electron chi connectivity index (χ4n) is 3.34. The molecule has 0 radical (unpaired) electrons. The van der Waals surface area contributed by atoms with Crippen LogP contribution in [0.25, 0.3) is 0 Å². The zero-order valence-electron chi connectivity index (χ0n) is 18.1. The van der Waals surface area contributed by atoms with E-state index >= 15 is 0 Å². The number of carbonyl (C=O) groups is 1. The topological polar surface area (TPSA) is 26.3 Å². The van der Waals surface area contributed by atoms with E-state index in [0.29, 0.717) is 5.57 Å². The second kappa shape index (κ2) is 19.0. The Labute approximate surface area is 164 Å². The number of hydrogen-bond acceptors (Lipinski definition) is 2. The van der Waals surface area contributed by atoms with Gasteiger partial charge in [-0.2, -0.15) is 0 Å². The summed E-state index contributed by atoms with van der Waals surface area (Å²) in [5.41, 5.74) is 0.500. The highest BCUT2D eigenvalue weighted by Crippen LogP contribution is 2.15. The van der Waals surface area contributed by atoms with E-state index in [9.17, 15) is 4.79 Å². The van der Waals surface area contributed by atoms with Crippen LogP contribution in [0.15, 0.2) is 12.2 Å². The first-order chi connectivity index (χ1) is 12.6. The predicted molar refractivity (Wildman–Crippen MR) is 115 cm³/mol. The lowest BCUT2D eigenvalue weighted by Crippen LogP contribution is -2.17. The van der Waals surface area contributed by atoms with E-state index in [1.807, 2.05) is 0 Å². The summed E-state index contributed by atoms with van der Waals surface area (Å²) >= 11 is 0. The maximum Gasteiger partial charge on any atom is 0.333 e. The normalized spacial score (nSPS) is 12.1. The van der Waals surface area contributed by atoms with Gasteiger partial charge in [0.25, 0.3) is 0 Å². The molecule has 0 fully saturated rings. The number of esters is 1. The number of carbonyl (C=O) groups excluding carboxylic acids is 1. The van der Waals surface area contributed by atoms with Gasteiger partial charge < -0.3 is 4.74 Å². The number of ether oxygens (including phenoxy) is 1. The molecule has 0 saturated carbocycles. The Morgan fingerprint density at radius 3 is 1.46 bits per heavy atom. The monoisotopic (exact) mass is 366 g/mol. The third kappa shape index (κ3) is 16.7. The summed E-state index contributed by atoms with van der Waals surface area (Å²) in [6.07, 6.45) is 22.7. The van der Waals surface area contributed by atoms with Crippen molar-refractivity contribution in [2.45, 2.75) is 136 Å². The van der Waals surface area contributed by atoms with Gasteiger partial charge in [0.15, 0.2) is 0 Å². The lowest BCUT2D eigenvalue weighted by atomic mass is 10.0. The van der Waals surface area contributed by atoms with Crippen LogP contribution in [-0.4, -0.2) is 12.1 Å². The summed E-state index contributed by atoms with van der Waals surface area (Å²) in [4.78, 5) is 11.6. The van der Waals surface area contributed by atoms with Crippen molar-refractivity contribution >= 4 is 5.97 Å². The average Bonchev–Trinajstić information content (AvgIpc) is 2.63. The fourth-order valence-corrected chi connectivity index (χ4v) is 3.34. The molecule has 0 amide bonds. The summed E-state index contributed by atoms with van der Waals surface area (Å²) in [5, 5.41) is 0. The van der Waals surface area contributed by atoms with Gasteiger partial charge in [-0.15, -0.1) is 0 Å². The van der Waals surface area contributed by atoms with E-state index in [-0.39, 0.29) is 12.1 Å². The molecule has 0 N–H and O–H groups in total. The molecule has 1 unspecified atom stereocenters. The minimum absolute atomic E-state index is 0.0705. The van der Waals surface area contributed by atoms with Crippen LogP contribution in [0.4, 0.5) is 0 Å². The van der Waals surface area contributed by atoms with Crippen molar-refractivity contribution in [3.8, 4) is 0 Å². The fraction of sp³-hybridized carbons (Fsp3) is 0.875. The number of unbranched alkanes of at least 4 members (excludes halogenated alkanes) is 14. The third-order valence-corrected chi connectivity index (χ3v) is 5.21. The Morgan fingerprint density at radius 1 is 0.731 bits per heavy atom. The lowest BCUT2D eigenvalue weighted by molar-refractivity contribution is -0.144. The zero-order valence-corrected chi connectivity index (χ0v) is 18.1. The van der Waals surface area contributed by atoms with E-state index in [0.717, 1.165) is 12.8 Å². The van der Waals surface area contributed by atoms with Crippen LogP contribution >= 0.6 is 0 Å². The predicted octanol–water partition coefficient (Wildman–Crippen LogP) is 8.15. The van der Waals surface area contributed by atoms with Crippen molar-refractivity contribution in [3.05, 3.63) is 12.2 Å². The first kappa shape index (κ1) is 25.2. The van der Waals surface area contributed by atoms with Crippen LogP contribution < -0.4 is 0 Å². The quantitative estimate of drug-likeness (QED) is 0.131. The summed E-state index contributed by atoms with van der Waals surface area (Å²) in [6, 6.07) is 0. The van der Waals surface area contributed by atoms with Crippen LogP contribution in [-0.2, 0) is 9.53 Å². The molecule has 154 valence electrons. The van der Waals surface area contributed by atoms with Gasteiger partial charge >= 0.3 is 5.97 Å². The van der Waals surface area contributed by atoms with Crippen LogP contribution in [0.3, 0.4) is 0 Å². The van der Waals surface area contributed by atoms with Crippen LogP contribution in [0.2, 0.25) is 0 Å². The third-order valence-electron chi connectivity index (χ3n) is 5.21. The first-order valence-corrected chi connectivity index (χ1v) is 11.5. The number of hydrogen-bond donors (Lipinski definition) is 0. The molecule has 26 heavy (non-hydrogen) atoms. The molecule has 0 saturated heterocycles. The summed E-state index contributed by atoms with van der Waals surface area (Å²) < 4.78 is 5.44. The average molecular weight is 367 g/mol. The molecule has 2 nitrogen and oxygen atoms in total. The van der Waals surface area contributed by atoms with E-state index in [1.54, 1.807) is 6.92 Å². The van der Waals surface area contributed by atoms with Crippen molar-refractivity contribution < 1.29 is 9.53 Å². The molecule has 0 spiro atoms. The summed E-state index contributed by atoms with van der Waals surface area (Å²) in [5.74, 6) is -0.238. The molecule has 0 aromatic heterocycles. The van der Waals surface area contributed by atoms with Gasteiger partial charge in [-0.25, -0.2) is 4.79 Å². The maximum absolute atomic E-state index is 11.6. The van der Waals surface area contributed by atoms with E-state index < -0.39 is 0 Å². The zero-order chi connectivity index (χ0) is 19.5. The minimum atomic E-state index is -0.238. The molecule has 0 aliphatic rings. The Hall–Kier alpha value is -0.790. The van der Waals surface area contributed by atoms with Gasteiger partial charge in [-0.1, -0.05) is 110 Å². The van der Waals surface area contributed by atoms with Gasteiger partial charge in [-0.05, 0) is 26.2 Å². The van der Waals surface area contributed by atoms with Gasteiger partial charge in [-0.3, -0.25) is 0 Å². The smallest absolute Gasteiger partial charge is 0.333 e. The van der Waals surface area contributed by atoms with Gasteiger partial charge in [0.1, 0.15) is 6.10 Å². The van der Waals surface area contributed by atoms with Crippen molar-refractivity contribution in [1.29, 1.82) is 0 Å². The van der Waals surface area contributed by atoms with Crippen LogP contribution in [0, 0.1) is 0 Å². The van der Waals surface area contributed by atoms with Gasteiger partial charge in [0, 0.05) is 5.57 Å². The molecule has 0 aliphatic heterocycles. The minimum Gasteiger partial charge on any atom is -0.459 e. The van der Waals surface area contributed by atoms with Crippen molar-refractivity contribution in [2.24, 2.45) is 0 Å². The van der Waals surface area contributed by atoms with Crippen LogP contribution in [0.5, 0.6) is 0 Å². The Kier molecular flexibility index (Phi) is 18.4. The molecule has 0 aromatic carbocycles. The Balaban J connectivity index is 3.30. The van der Waals surface area contributed by atoms with Crippen molar-refractivity contribution in [2.75, 3.05) is 0 Å². The molecular weight excluding hydrogens is 320 g/mol. The molecule has 1 atom stereocenters. The van der Waals surface area contributed by atoms with E-state index in [1.165, 1.54) is 96.3 Å². The van der Waals surface area contributed by atoms with Gasteiger partial charge in [0.2, 0.25) is 0 Å². The lowest BCUT2D eigenvalue weighted by Gasteiger charge is -2.16. The second-order valence-corrected chi connectivity index (χ2v) is 7.95.